The summed E-state index contributed by atoms with van der Waals surface area (Å²) in [4.78, 5) is 1.40. The molecule has 0 aliphatic carbocycles. The number of hydrogen-bond acceptors (Lipinski definition) is 1. The van der Waals surface area contributed by atoms with Crippen LogP contribution in [0, 0.1) is 0 Å². The molecule has 0 aromatic heterocycles. The second-order valence-corrected chi connectivity index (χ2v) is 5.23. The second-order valence-electron chi connectivity index (χ2n) is 3.89. The van der Waals surface area contributed by atoms with E-state index in [4.69, 9.17) is 0 Å². The van der Waals surface area contributed by atoms with Crippen molar-refractivity contribution in [1.82, 2.24) is 0 Å². The van der Waals surface area contributed by atoms with E-state index in [2.05, 4.69) is 38.1 Å². The van der Waals surface area contributed by atoms with E-state index in [9.17, 15) is 0 Å². The molecule has 0 radical (unpaired) electrons. The van der Waals surface area contributed by atoms with Gasteiger partial charge >= 0.3 is 0 Å². The molecule has 0 aliphatic heterocycles. The van der Waals surface area contributed by atoms with E-state index in [0.717, 1.165) is 5.75 Å². The minimum atomic E-state index is 1.16. The van der Waals surface area contributed by atoms with Gasteiger partial charge in [0, 0.05) is 4.90 Å². The Morgan fingerprint density at radius 3 is 2.27 bits per heavy atom. The van der Waals surface area contributed by atoms with Crippen LogP contribution in [0.25, 0.3) is 0 Å². The molecule has 1 rings (SSSR count). The van der Waals surface area contributed by atoms with Crippen molar-refractivity contribution in [2.45, 2.75) is 50.8 Å². The van der Waals surface area contributed by atoms with Gasteiger partial charge in [0.25, 0.3) is 0 Å². The average molecular weight is 222 g/mol. The van der Waals surface area contributed by atoms with Crippen molar-refractivity contribution in [3.05, 3.63) is 29.8 Å². The molecule has 84 valence electrons. The van der Waals surface area contributed by atoms with Gasteiger partial charge in [-0.25, -0.2) is 0 Å². The van der Waals surface area contributed by atoms with Crippen molar-refractivity contribution in [1.29, 1.82) is 0 Å². The highest BCUT2D eigenvalue weighted by Gasteiger charge is 1.95. The lowest BCUT2D eigenvalue weighted by atomic mass is 10.1. The molecular formula is C14H22S. The average Bonchev–Trinajstić information content (AvgIpc) is 2.27. The van der Waals surface area contributed by atoms with Gasteiger partial charge in [0.15, 0.2) is 0 Å². The molecule has 15 heavy (non-hydrogen) atoms. The van der Waals surface area contributed by atoms with Gasteiger partial charge in [-0.1, -0.05) is 45.2 Å². The third-order valence-electron chi connectivity index (χ3n) is 2.55. The Hall–Kier alpha value is -0.430. The summed E-state index contributed by atoms with van der Waals surface area (Å²) >= 11 is 1.92. The van der Waals surface area contributed by atoms with E-state index in [1.807, 2.05) is 11.8 Å². The summed E-state index contributed by atoms with van der Waals surface area (Å²) in [6.45, 7) is 4.46. The highest BCUT2D eigenvalue weighted by molar-refractivity contribution is 7.99. The number of thioether (sulfide) groups is 1. The molecule has 0 N–H and O–H groups in total. The summed E-state index contributed by atoms with van der Waals surface area (Å²) in [5.41, 5.74) is 1.49. The topological polar surface area (TPSA) is 0 Å². The molecule has 0 atom stereocenters. The fourth-order valence-electron chi connectivity index (χ4n) is 1.67. The van der Waals surface area contributed by atoms with Crippen molar-refractivity contribution in [3.63, 3.8) is 0 Å². The summed E-state index contributed by atoms with van der Waals surface area (Å²) < 4.78 is 0. The van der Waals surface area contributed by atoms with Crippen LogP contribution in [0.4, 0.5) is 0 Å². The van der Waals surface area contributed by atoms with Gasteiger partial charge in [-0.15, -0.1) is 11.8 Å². The van der Waals surface area contributed by atoms with Crippen LogP contribution in [-0.2, 0) is 6.42 Å². The number of rotatable bonds is 7. The molecule has 1 heteroatoms. The van der Waals surface area contributed by atoms with Gasteiger partial charge in [0.2, 0.25) is 0 Å². The zero-order valence-corrected chi connectivity index (χ0v) is 10.8. The fraction of sp³-hybridized carbons (Fsp3) is 0.571. The Balaban J connectivity index is 2.29. The molecule has 0 bridgehead atoms. The Labute approximate surface area is 98.5 Å². The summed E-state index contributed by atoms with van der Waals surface area (Å²) in [6, 6.07) is 9.07. The minimum Gasteiger partial charge on any atom is -0.126 e. The summed E-state index contributed by atoms with van der Waals surface area (Å²) in [5, 5.41) is 0. The number of unbranched alkanes of at least 4 members (excludes halogenated alkanes) is 3. The molecule has 0 saturated heterocycles. The molecule has 0 spiro atoms. The normalized spacial score (nSPS) is 10.5. The molecule has 0 amide bonds. The first-order valence-electron chi connectivity index (χ1n) is 6.08. The maximum absolute atomic E-state index is 2.28. The fourth-order valence-corrected chi connectivity index (χ4v) is 2.34. The molecule has 0 aliphatic rings. The first-order chi connectivity index (χ1) is 7.36. The molecule has 1 aromatic carbocycles. The second kappa shape index (κ2) is 7.81. The monoisotopic (exact) mass is 222 g/mol. The van der Waals surface area contributed by atoms with Crippen LogP contribution in [0.1, 0.15) is 45.1 Å². The van der Waals surface area contributed by atoms with Gasteiger partial charge in [-0.05, 0) is 36.3 Å². The molecule has 0 unspecified atom stereocenters. The predicted octanol–water partition coefficient (Wildman–Crippen LogP) is 4.92. The Kier molecular flexibility index (Phi) is 6.58. The van der Waals surface area contributed by atoms with Gasteiger partial charge in [-0.2, -0.15) is 0 Å². The smallest absolute Gasteiger partial charge is 0.00720 e. The van der Waals surface area contributed by atoms with Crippen molar-refractivity contribution in [2.75, 3.05) is 5.75 Å². The Morgan fingerprint density at radius 2 is 1.67 bits per heavy atom. The standard InChI is InChI=1S/C14H22S/c1-3-5-6-7-8-13-9-11-14(12-10-13)15-4-2/h9-12H,3-8H2,1-2H3. The summed E-state index contributed by atoms with van der Waals surface area (Å²) in [5.74, 6) is 1.16. The first kappa shape index (κ1) is 12.6. The maximum atomic E-state index is 2.28. The van der Waals surface area contributed by atoms with Crippen LogP contribution in [0.2, 0.25) is 0 Å². The Bertz CT molecular complexity index is 251. The first-order valence-corrected chi connectivity index (χ1v) is 7.07. The third kappa shape index (κ3) is 5.27. The summed E-state index contributed by atoms with van der Waals surface area (Å²) in [7, 11) is 0. The predicted molar refractivity (Wildman–Crippen MR) is 70.7 cm³/mol. The van der Waals surface area contributed by atoms with E-state index >= 15 is 0 Å². The SMILES string of the molecule is CCCCCCc1ccc(SCC)cc1. The quantitative estimate of drug-likeness (QED) is 0.466. The van der Waals surface area contributed by atoms with Crippen LogP contribution < -0.4 is 0 Å². The van der Waals surface area contributed by atoms with Crippen LogP contribution in [0.3, 0.4) is 0 Å². The van der Waals surface area contributed by atoms with Crippen LogP contribution in [-0.4, -0.2) is 5.75 Å². The van der Waals surface area contributed by atoms with Crippen LogP contribution >= 0.6 is 11.8 Å². The molecule has 0 nitrogen and oxygen atoms in total. The third-order valence-corrected chi connectivity index (χ3v) is 3.45. The maximum Gasteiger partial charge on any atom is 0.00720 e. The molecule has 0 fully saturated rings. The lowest BCUT2D eigenvalue weighted by Gasteiger charge is -2.03. The van der Waals surface area contributed by atoms with Crippen LogP contribution in [0.5, 0.6) is 0 Å². The van der Waals surface area contributed by atoms with Gasteiger partial charge < -0.3 is 0 Å². The van der Waals surface area contributed by atoms with E-state index in [-0.39, 0.29) is 0 Å². The number of aryl methyl sites for hydroxylation is 1. The zero-order chi connectivity index (χ0) is 10.9. The highest BCUT2D eigenvalue weighted by atomic mass is 32.2. The lowest BCUT2D eigenvalue weighted by Crippen LogP contribution is -1.85. The van der Waals surface area contributed by atoms with E-state index in [0.29, 0.717) is 0 Å². The largest absolute Gasteiger partial charge is 0.126 e. The van der Waals surface area contributed by atoms with Crippen molar-refractivity contribution in [3.8, 4) is 0 Å². The highest BCUT2D eigenvalue weighted by Crippen LogP contribution is 2.18. The zero-order valence-electron chi connectivity index (χ0n) is 9.96. The minimum absolute atomic E-state index is 1.16. The van der Waals surface area contributed by atoms with Crippen LogP contribution in [0.15, 0.2) is 29.2 Å². The number of hydrogen-bond donors (Lipinski definition) is 0. The van der Waals surface area contributed by atoms with Crippen molar-refractivity contribution in [2.24, 2.45) is 0 Å². The molecular weight excluding hydrogens is 200 g/mol. The molecule has 0 saturated carbocycles. The van der Waals surface area contributed by atoms with Gasteiger partial charge in [0.05, 0.1) is 0 Å². The van der Waals surface area contributed by atoms with Crippen molar-refractivity contribution >= 4 is 11.8 Å². The van der Waals surface area contributed by atoms with E-state index < -0.39 is 0 Å². The van der Waals surface area contributed by atoms with Gasteiger partial charge in [-0.3, -0.25) is 0 Å². The molecule has 1 aromatic rings. The Morgan fingerprint density at radius 1 is 0.933 bits per heavy atom. The summed E-state index contributed by atoms with van der Waals surface area (Å²) in [6.07, 6.45) is 6.67. The van der Waals surface area contributed by atoms with Crippen molar-refractivity contribution < 1.29 is 0 Å². The lowest BCUT2D eigenvalue weighted by molar-refractivity contribution is 0.667. The van der Waals surface area contributed by atoms with Gasteiger partial charge in [0.1, 0.15) is 0 Å². The van der Waals surface area contributed by atoms with E-state index in [1.54, 1.807) is 0 Å². The molecule has 0 heterocycles. The van der Waals surface area contributed by atoms with E-state index in [1.165, 1.54) is 42.6 Å². The number of benzene rings is 1.